The van der Waals surface area contributed by atoms with Crippen LogP contribution in [0.2, 0.25) is 0 Å². The molecule has 0 bridgehead atoms. The van der Waals surface area contributed by atoms with Gasteiger partial charge in [-0.2, -0.15) is 0 Å². The number of methoxy groups -OCH3 is 1. The monoisotopic (exact) mass is 337 g/mol. The molecule has 0 aromatic heterocycles. The molecule has 0 radical (unpaired) electrons. The maximum atomic E-state index is 13.2. The predicted octanol–water partition coefficient (Wildman–Crippen LogP) is 4.45. The number of nitrogens with one attached hydrogen (secondary N) is 1. The number of ether oxygens (including phenoxy) is 1. The summed E-state index contributed by atoms with van der Waals surface area (Å²) < 4.78 is 18.8. The summed E-state index contributed by atoms with van der Waals surface area (Å²) in [7, 11) is 1.66. The fourth-order valence-electron chi connectivity index (χ4n) is 1.93. The lowest BCUT2D eigenvalue weighted by atomic mass is 10.1. The first kappa shape index (κ1) is 15.0. The summed E-state index contributed by atoms with van der Waals surface area (Å²) in [6.07, 6.45) is 0. The largest absolute Gasteiger partial charge is 0.497 e. The van der Waals surface area contributed by atoms with Gasteiger partial charge in [0, 0.05) is 12.6 Å². The highest BCUT2D eigenvalue weighted by Crippen LogP contribution is 2.19. The third-order valence-electron chi connectivity index (χ3n) is 3.21. The van der Waals surface area contributed by atoms with E-state index in [1.165, 1.54) is 11.6 Å². The normalized spacial score (nSPS) is 12.2. The molecule has 2 rings (SSSR count). The van der Waals surface area contributed by atoms with E-state index < -0.39 is 0 Å². The molecule has 0 aliphatic rings. The van der Waals surface area contributed by atoms with Crippen molar-refractivity contribution < 1.29 is 9.13 Å². The van der Waals surface area contributed by atoms with Gasteiger partial charge in [0.15, 0.2) is 0 Å². The highest BCUT2D eigenvalue weighted by molar-refractivity contribution is 9.10. The average molecular weight is 338 g/mol. The minimum absolute atomic E-state index is 0.213. The van der Waals surface area contributed by atoms with Crippen LogP contribution in [-0.2, 0) is 6.54 Å². The van der Waals surface area contributed by atoms with E-state index in [-0.39, 0.29) is 11.9 Å². The molecule has 0 aliphatic heterocycles. The lowest BCUT2D eigenvalue weighted by Gasteiger charge is -2.15. The fourth-order valence-corrected chi connectivity index (χ4v) is 2.36. The van der Waals surface area contributed by atoms with Gasteiger partial charge in [0.05, 0.1) is 11.6 Å². The van der Waals surface area contributed by atoms with Crippen molar-refractivity contribution in [2.45, 2.75) is 19.5 Å². The highest BCUT2D eigenvalue weighted by atomic mass is 79.9. The van der Waals surface area contributed by atoms with Gasteiger partial charge in [-0.25, -0.2) is 4.39 Å². The number of hydrogen-bond acceptors (Lipinski definition) is 2. The van der Waals surface area contributed by atoms with E-state index in [4.69, 9.17) is 4.74 Å². The molecule has 0 aliphatic carbocycles. The van der Waals surface area contributed by atoms with E-state index in [1.54, 1.807) is 19.2 Å². The van der Waals surface area contributed by atoms with Crippen LogP contribution in [0.1, 0.15) is 24.1 Å². The van der Waals surface area contributed by atoms with Crippen molar-refractivity contribution in [2.75, 3.05) is 7.11 Å². The molecule has 106 valence electrons. The molecule has 1 atom stereocenters. The predicted molar refractivity (Wildman–Crippen MR) is 82.3 cm³/mol. The number of halogens is 2. The first-order valence-corrected chi connectivity index (χ1v) is 7.20. The molecule has 0 spiro atoms. The Morgan fingerprint density at radius 1 is 1.20 bits per heavy atom. The van der Waals surface area contributed by atoms with Crippen molar-refractivity contribution in [1.82, 2.24) is 5.32 Å². The van der Waals surface area contributed by atoms with Gasteiger partial charge < -0.3 is 10.1 Å². The Balaban J connectivity index is 1.96. The smallest absolute Gasteiger partial charge is 0.137 e. The molecule has 1 N–H and O–H groups in total. The van der Waals surface area contributed by atoms with Crippen LogP contribution in [-0.4, -0.2) is 7.11 Å². The Hall–Kier alpha value is -1.39. The summed E-state index contributed by atoms with van der Waals surface area (Å²) in [5, 5.41) is 3.42. The molecule has 4 heteroatoms. The number of benzene rings is 2. The second-order valence-electron chi connectivity index (χ2n) is 4.62. The van der Waals surface area contributed by atoms with Crippen molar-refractivity contribution in [1.29, 1.82) is 0 Å². The van der Waals surface area contributed by atoms with Crippen molar-refractivity contribution in [2.24, 2.45) is 0 Å². The van der Waals surface area contributed by atoms with Gasteiger partial charge in [-0.15, -0.1) is 0 Å². The van der Waals surface area contributed by atoms with Crippen molar-refractivity contribution in [3.05, 3.63) is 63.9 Å². The van der Waals surface area contributed by atoms with E-state index in [1.807, 2.05) is 24.3 Å². The molecule has 0 saturated carbocycles. The molecular formula is C16H17BrFNO. The Morgan fingerprint density at radius 2 is 1.90 bits per heavy atom. The van der Waals surface area contributed by atoms with Gasteiger partial charge in [-0.05, 0) is 58.2 Å². The molecule has 2 nitrogen and oxygen atoms in total. The topological polar surface area (TPSA) is 21.3 Å². The second kappa shape index (κ2) is 6.86. The van der Waals surface area contributed by atoms with Crippen LogP contribution < -0.4 is 10.1 Å². The van der Waals surface area contributed by atoms with E-state index >= 15 is 0 Å². The van der Waals surface area contributed by atoms with Gasteiger partial charge in [-0.3, -0.25) is 0 Å². The Kier molecular flexibility index (Phi) is 5.15. The molecule has 0 heterocycles. The minimum atomic E-state index is -0.239. The molecule has 0 fully saturated rings. The Bertz CT molecular complexity index is 571. The Labute approximate surface area is 127 Å². The van der Waals surface area contributed by atoms with Gasteiger partial charge in [0.1, 0.15) is 11.6 Å². The molecule has 2 aromatic carbocycles. The quantitative estimate of drug-likeness (QED) is 0.870. The lowest BCUT2D eigenvalue weighted by molar-refractivity contribution is 0.414. The molecule has 0 saturated heterocycles. The first-order valence-electron chi connectivity index (χ1n) is 6.41. The molecule has 2 aromatic rings. The number of hydrogen-bond donors (Lipinski definition) is 1. The maximum Gasteiger partial charge on any atom is 0.137 e. The van der Waals surface area contributed by atoms with E-state index in [0.717, 1.165) is 11.3 Å². The van der Waals surface area contributed by atoms with E-state index in [2.05, 4.69) is 28.2 Å². The van der Waals surface area contributed by atoms with Crippen molar-refractivity contribution in [3.8, 4) is 5.75 Å². The number of rotatable bonds is 5. The summed E-state index contributed by atoms with van der Waals surface area (Å²) in [6, 6.07) is 13.2. The van der Waals surface area contributed by atoms with Gasteiger partial charge in [-0.1, -0.05) is 18.2 Å². The van der Waals surface area contributed by atoms with Crippen LogP contribution in [0, 0.1) is 5.82 Å². The maximum absolute atomic E-state index is 13.2. The summed E-state index contributed by atoms with van der Waals surface area (Å²) in [6.45, 7) is 2.78. The van der Waals surface area contributed by atoms with Crippen LogP contribution in [0.15, 0.2) is 46.9 Å². The molecule has 1 unspecified atom stereocenters. The van der Waals surface area contributed by atoms with Gasteiger partial charge in [0.2, 0.25) is 0 Å². The fraction of sp³-hybridized carbons (Fsp3) is 0.250. The molecular weight excluding hydrogens is 321 g/mol. The lowest BCUT2D eigenvalue weighted by Crippen LogP contribution is -2.18. The summed E-state index contributed by atoms with van der Waals surface area (Å²) >= 11 is 3.20. The van der Waals surface area contributed by atoms with Gasteiger partial charge >= 0.3 is 0 Å². The van der Waals surface area contributed by atoms with Crippen LogP contribution in [0.3, 0.4) is 0 Å². The van der Waals surface area contributed by atoms with E-state index in [9.17, 15) is 4.39 Å². The highest BCUT2D eigenvalue weighted by Gasteiger charge is 2.06. The second-order valence-corrected chi connectivity index (χ2v) is 5.48. The third kappa shape index (κ3) is 3.81. The zero-order chi connectivity index (χ0) is 14.5. The first-order chi connectivity index (χ1) is 9.60. The average Bonchev–Trinajstić information content (AvgIpc) is 2.48. The van der Waals surface area contributed by atoms with Gasteiger partial charge in [0.25, 0.3) is 0 Å². The Morgan fingerprint density at radius 3 is 2.50 bits per heavy atom. The van der Waals surface area contributed by atoms with Crippen molar-refractivity contribution in [3.63, 3.8) is 0 Å². The summed E-state index contributed by atoms with van der Waals surface area (Å²) in [5.74, 6) is 0.611. The van der Waals surface area contributed by atoms with Crippen molar-refractivity contribution >= 4 is 15.9 Å². The summed E-state index contributed by atoms with van der Waals surface area (Å²) in [4.78, 5) is 0. The molecule has 20 heavy (non-hydrogen) atoms. The summed E-state index contributed by atoms with van der Waals surface area (Å²) in [5.41, 5.74) is 2.23. The van der Waals surface area contributed by atoms with Crippen LogP contribution >= 0.6 is 15.9 Å². The zero-order valence-corrected chi connectivity index (χ0v) is 13.1. The van der Waals surface area contributed by atoms with E-state index in [0.29, 0.717) is 11.0 Å². The van der Waals surface area contributed by atoms with Crippen LogP contribution in [0.5, 0.6) is 5.75 Å². The molecule has 0 amide bonds. The zero-order valence-electron chi connectivity index (χ0n) is 11.5. The minimum Gasteiger partial charge on any atom is -0.497 e. The van der Waals surface area contributed by atoms with Crippen LogP contribution in [0.4, 0.5) is 4.39 Å². The van der Waals surface area contributed by atoms with Crippen LogP contribution in [0.25, 0.3) is 0 Å². The third-order valence-corrected chi connectivity index (χ3v) is 3.82. The standard InChI is InChI=1S/C16H17BrFNO/c1-11(13-4-6-14(20-2)7-5-13)19-10-12-3-8-16(18)15(17)9-12/h3-9,11,19H,10H2,1-2H3. The SMILES string of the molecule is COc1ccc(C(C)NCc2ccc(F)c(Br)c2)cc1.